The van der Waals surface area contributed by atoms with Crippen molar-refractivity contribution < 1.29 is 19.2 Å². The van der Waals surface area contributed by atoms with Crippen LogP contribution in [0.5, 0.6) is 0 Å². The summed E-state index contributed by atoms with van der Waals surface area (Å²) in [4.78, 5) is 56.2. The number of rotatable bonds is 3. The number of nitrogens with zero attached hydrogens (tertiary/aromatic N) is 3. The molecule has 12 heteroatoms. The summed E-state index contributed by atoms with van der Waals surface area (Å²) in [5.41, 5.74) is 0.869. The summed E-state index contributed by atoms with van der Waals surface area (Å²) in [5.74, 6) is -0.479. The molecule has 12 nitrogen and oxygen atoms in total. The number of carbonyl (C=O) groups is 4. The number of hydrogen-bond acceptors (Lipinski definition) is 7. The van der Waals surface area contributed by atoms with Gasteiger partial charge in [-0.1, -0.05) is 44.2 Å². The Labute approximate surface area is 229 Å². The number of aromatic nitrogens is 3. The molecule has 0 unspecified atom stereocenters. The fourth-order valence-electron chi connectivity index (χ4n) is 4.32. The second-order valence-corrected chi connectivity index (χ2v) is 10.1. The highest BCUT2D eigenvalue weighted by Gasteiger charge is 2.30. The Hall–Kier alpha value is -3.80. The van der Waals surface area contributed by atoms with Crippen LogP contribution in [0.3, 0.4) is 0 Å². The normalized spacial score (nSPS) is 22.7. The van der Waals surface area contributed by atoms with Gasteiger partial charge in [-0.2, -0.15) is 5.10 Å². The first-order valence-corrected chi connectivity index (χ1v) is 13.5. The van der Waals surface area contributed by atoms with E-state index in [1.54, 1.807) is 13.8 Å². The van der Waals surface area contributed by atoms with Gasteiger partial charge in [-0.05, 0) is 38.3 Å². The van der Waals surface area contributed by atoms with E-state index in [0.717, 1.165) is 5.56 Å². The smallest absolute Gasteiger partial charge is 0.243 e. The quantitative estimate of drug-likeness (QED) is 0.370. The van der Waals surface area contributed by atoms with Crippen LogP contribution in [0.15, 0.2) is 30.3 Å². The molecule has 1 aromatic carbocycles. The van der Waals surface area contributed by atoms with Crippen LogP contribution in [0.25, 0.3) is 0 Å². The van der Waals surface area contributed by atoms with Gasteiger partial charge in [-0.15, -0.1) is 0 Å². The molecule has 1 aliphatic rings. The molecule has 0 bridgehead atoms. The summed E-state index contributed by atoms with van der Waals surface area (Å²) in [7, 11) is 0. The van der Waals surface area contributed by atoms with Crippen LogP contribution in [-0.4, -0.2) is 70.1 Å². The molecule has 0 aliphatic carbocycles. The number of amides is 4. The molecule has 1 aliphatic heterocycles. The van der Waals surface area contributed by atoms with Crippen LogP contribution in [0.1, 0.15) is 56.9 Å². The van der Waals surface area contributed by atoms with E-state index < -0.39 is 29.9 Å². The molecule has 2 heterocycles. The zero-order chi connectivity index (χ0) is 28.4. The third-order valence-corrected chi connectivity index (χ3v) is 6.41. The van der Waals surface area contributed by atoms with Gasteiger partial charge in [0.15, 0.2) is 5.82 Å². The number of aryl methyl sites for hydroxylation is 1. The number of fused-ring (bicyclic) bond motifs is 1. The van der Waals surface area contributed by atoms with Crippen LogP contribution < -0.4 is 26.6 Å². The topological polar surface area (TPSA) is 159 Å². The molecule has 0 spiro atoms. The zero-order valence-corrected chi connectivity index (χ0v) is 23.1. The molecule has 2 aromatic rings. The Kier molecular flexibility index (Phi) is 11.0. The van der Waals surface area contributed by atoms with Gasteiger partial charge in [0, 0.05) is 25.9 Å². The lowest BCUT2D eigenvalue weighted by atomic mass is 10.0. The summed E-state index contributed by atoms with van der Waals surface area (Å²) in [5, 5.41) is 19.0. The number of benzene rings is 1. The summed E-state index contributed by atoms with van der Waals surface area (Å²) in [6, 6.07) is 7.09. The Bertz CT molecular complexity index is 1130. The Balaban J connectivity index is 1.90. The molecule has 0 fully saturated rings. The summed E-state index contributed by atoms with van der Waals surface area (Å²) in [6.45, 7) is 8.71. The van der Waals surface area contributed by atoms with Gasteiger partial charge in [0.05, 0.1) is 6.04 Å². The highest BCUT2D eigenvalue weighted by atomic mass is 16.2. The first-order chi connectivity index (χ1) is 18.6. The van der Waals surface area contributed by atoms with E-state index in [0.29, 0.717) is 37.7 Å². The number of carbonyl (C=O) groups excluding carboxylic acids is 4. The van der Waals surface area contributed by atoms with Gasteiger partial charge in [-0.3, -0.25) is 19.2 Å². The maximum atomic E-state index is 13.7. The Morgan fingerprint density at radius 1 is 0.949 bits per heavy atom. The van der Waals surface area contributed by atoms with Crippen LogP contribution in [0, 0.1) is 12.8 Å². The van der Waals surface area contributed by atoms with Crippen molar-refractivity contribution in [2.45, 2.75) is 71.6 Å². The van der Waals surface area contributed by atoms with Gasteiger partial charge in [0.1, 0.15) is 24.5 Å². The summed E-state index contributed by atoms with van der Waals surface area (Å²) >= 11 is 0. The van der Waals surface area contributed by atoms with Gasteiger partial charge in [0.25, 0.3) is 0 Å². The molecule has 212 valence electrons. The predicted molar refractivity (Wildman–Crippen MR) is 145 cm³/mol. The SMILES string of the molecule is Cc1nc2n(n1)CC(=O)NCCNCCCC(=O)N[C@@H](C)C(=O)N[C@H](Cc1ccccc1)C(=O)N[C@H]2C(C)C. The van der Waals surface area contributed by atoms with E-state index in [1.807, 2.05) is 44.2 Å². The molecule has 1 aromatic heterocycles. The van der Waals surface area contributed by atoms with E-state index in [4.69, 9.17) is 0 Å². The van der Waals surface area contributed by atoms with Crippen LogP contribution in [0.2, 0.25) is 0 Å². The second kappa shape index (κ2) is 14.4. The third-order valence-electron chi connectivity index (χ3n) is 6.41. The van der Waals surface area contributed by atoms with Crippen molar-refractivity contribution in [2.75, 3.05) is 19.6 Å². The minimum absolute atomic E-state index is 0.0445. The maximum Gasteiger partial charge on any atom is 0.243 e. The van der Waals surface area contributed by atoms with Crippen LogP contribution in [-0.2, 0) is 32.1 Å². The standard InChI is InChI=1S/C27H40N8O4/c1-17(2)24-25-31-19(4)34-35(25)16-23(37)29-14-13-28-12-8-11-22(36)30-18(3)26(38)32-21(27(39)33-24)15-20-9-6-5-7-10-20/h5-7,9-10,17-18,21,24,28H,8,11-16H2,1-4H3,(H,29,37)(H,30,36)(H,32,38)(H,33,39)/t18-,21+,24-/m0/s1. The highest BCUT2D eigenvalue weighted by Crippen LogP contribution is 2.21. The largest absolute Gasteiger partial charge is 0.353 e. The molecular formula is C27H40N8O4. The average Bonchev–Trinajstić information content (AvgIpc) is 3.24. The van der Waals surface area contributed by atoms with Gasteiger partial charge >= 0.3 is 0 Å². The lowest BCUT2D eigenvalue weighted by Gasteiger charge is -2.26. The summed E-state index contributed by atoms with van der Waals surface area (Å²) in [6.07, 6.45) is 1.07. The number of hydrogen-bond donors (Lipinski definition) is 5. The summed E-state index contributed by atoms with van der Waals surface area (Å²) < 4.78 is 1.52. The Morgan fingerprint density at radius 2 is 1.69 bits per heavy atom. The molecule has 3 atom stereocenters. The van der Waals surface area contributed by atoms with E-state index >= 15 is 0 Å². The predicted octanol–water partition coefficient (Wildman–Crippen LogP) is 0.132. The van der Waals surface area contributed by atoms with E-state index in [1.165, 1.54) is 4.68 Å². The zero-order valence-electron chi connectivity index (χ0n) is 23.1. The van der Waals surface area contributed by atoms with Crippen LogP contribution >= 0.6 is 0 Å². The fourth-order valence-corrected chi connectivity index (χ4v) is 4.32. The first-order valence-electron chi connectivity index (χ1n) is 13.5. The van der Waals surface area contributed by atoms with Crippen molar-refractivity contribution >= 4 is 23.6 Å². The molecule has 0 radical (unpaired) electrons. The molecule has 4 amide bonds. The Morgan fingerprint density at radius 3 is 2.41 bits per heavy atom. The van der Waals surface area contributed by atoms with Gasteiger partial charge < -0.3 is 26.6 Å². The molecular weight excluding hydrogens is 500 g/mol. The average molecular weight is 541 g/mol. The minimum atomic E-state index is -0.906. The molecule has 5 N–H and O–H groups in total. The third kappa shape index (κ3) is 9.17. The van der Waals surface area contributed by atoms with Crippen molar-refractivity contribution in [3.05, 3.63) is 47.5 Å². The van der Waals surface area contributed by atoms with Crippen molar-refractivity contribution in [3.8, 4) is 0 Å². The second-order valence-electron chi connectivity index (χ2n) is 10.1. The highest BCUT2D eigenvalue weighted by molar-refractivity contribution is 5.92. The number of nitrogens with one attached hydrogen (secondary N) is 5. The van der Waals surface area contributed by atoms with Gasteiger partial charge in [0.2, 0.25) is 23.6 Å². The lowest BCUT2D eigenvalue weighted by molar-refractivity contribution is -0.132. The fraction of sp³-hybridized carbons (Fsp3) is 0.556. The van der Waals surface area contributed by atoms with Crippen molar-refractivity contribution in [3.63, 3.8) is 0 Å². The minimum Gasteiger partial charge on any atom is -0.353 e. The first kappa shape index (κ1) is 29.8. The molecule has 0 saturated carbocycles. The van der Waals surface area contributed by atoms with E-state index in [2.05, 4.69) is 36.7 Å². The molecule has 39 heavy (non-hydrogen) atoms. The van der Waals surface area contributed by atoms with E-state index in [-0.39, 0.29) is 37.1 Å². The maximum absolute atomic E-state index is 13.7. The van der Waals surface area contributed by atoms with Crippen molar-refractivity contribution in [1.82, 2.24) is 41.3 Å². The van der Waals surface area contributed by atoms with Crippen molar-refractivity contribution in [2.24, 2.45) is 5.92 Å². The van der Waals surface area contributed by atoms with E-state index in [9.17, 15) is 19.2 Å². The molecule has 3 rings (SSSR count). The van der Waals surface area contributed by atoms with Crippen LogP contribution in [0.4, 0.5) is 0 Å². The molecule has 0 saturated heterocycles. The van der Waals surface area contributed by atoms with Crippen molar-refractivity contribution in [1.29, 1.82) is 0 Å². The van der Waals surface area contributed by atoms with Gasteiger partial charge in [-0.25, -0.2) is 9.67 Å². The monoisotopic (exact) mass is 540 g/mol. The lowest BCUT2D eigenvalue weighted by Crippen LogP contribution is -2.54.